The van der Waals surface area contributed by atoms with Gasteiger partial charge in [0.2, 0.25) is 5.91 Å². The number of carbonyl (C=O) groups is 1. The molecule has 1 aromatic carbocycles. The Morgan fingerprint density at radius 3 is 2.89 bits per heavy atom. The van der Waals surface area contributed by atoms with Crippen LogP contribution in [0.15, 0.2) is 36.8 Å². The zero-order valence-electron chi connectivity index (χ0n) is 10.5. The standard InChI is InChI=1S/C14H17N3O/c1-11-4-2-3-5-12(11)8-14(18)17-9-13(6-7-15)16-10-17/h2-5,9-10H,6-8,15H2,1H3. The molecule has 0 bridgehead atoms. The van der Waals surface area contributed by atoms with Crippen molar-refractivity contribution in [3.8, 4) is 0 Å². The molecule has 0 saturated heterocycles. The van der Waals surface area contributed by atoms with E-state index < -0.39 is 0 Å². The van der Waals surface area contributed by atoms with E-state index >= 15 is 0 Å². The summed E-state index contributed by atoms with van der Waals surface area (Å²) in [6.07, 6.45) is 4.41. The monoisotopic (exact) mass is 243 g/mol. The van der Waals surface area contributed by atoms with E-state index in [0.29, 0.717) is 19.4 Å². The highest BCUT2D eigenvalue weighted by atomic mass is 16.2. The van der Waals surface area contributed by atoms with Gasteiger partial charge in [-0.3, -0.25) is 9.36 Å². The third kappa shape index (κ3) is 2.84. The second-order valence-electron chi connectivity index (χ2n) is 4.31. The summed E-state index contributed by atoms with van der Waals surface area (Å²) in [5, 5.41) is 0. The van der Waals surface area contributed by atoms with E-state index in [0.717, 1.165) is 16.8 Å². The molecule has 1 heterocycles. The summed E-state index contributed by atoms with van der Waals surface area (Å²) < 4.78 is 1.54. The number of hydrogen-bond donors (Lipinski definition) is 1. The van der Waals surface area contributed by atoms with Gasteiger partial charge in [-0.15, -0.1) is 0 Å². The minimum atomic E-state index is 0.0278. The molecule has 0 amide bonds. The van der Waals surface area contributed by atoms with E-state index in [2.05, 4.69) is 4.98 Å². The Bertz CT molecular complexity index is 545. The number of aryl methyl sites for hydroxylation is 1. The summed E-state index contributed by atoms with van der Waals surface area (Å²) >= 11 is 0. The van der Waals surface area contributed by atoms with E-state index in [4.69, 9.17) is 5.73 Å². The molecule has 2 N–H and O–H groups in total. The predicted molar refractivity (Wildman–Crippen MR) is 70.5 cm³/mol. The van der Waals surface area contributed by atoms with Gasteiger partial charge >= 0.3 is 0 Å². The molecule has 94 valence electrons. The molecule has 0 aliphatic carbocycles. The molecule has 0 aliphatic rings. The molecular weight excluding hydrogens is 226 g/mol. The zero-order chi connectivity index (χ0) is 13.0. The molecule has 0 radical (unpaired) electrons. The van der Waals surface area contributed by atoms with Gasteiger partial charge in [0, 0.05) is 12.6 Å². The molecule has 0 fully saturated rings. The van der Waals surface area contributed by atoms with Crippen LogP contribution in [0.1, 0.15) is 21.6 Å². The number of aromatic nitrogens is 2. The second-order valence-corrected chi connectivity index (χ2v) is 4.31. The molecule has 0 aliphatic heterocycles. The Morgan fingerprint density at radius 2 is 2.17 bits per heavy atom. The maximum atomic E-state index is 12.1. The van der Waals surface area contributed by atoms with Crippen molar-refractivity contribution in [1.82, 2.24) is 9.55 Å². The van der Waals surface area contributed by atoms with Crippen molar-refractivity contribution in [2.45, 2.75) is 19.8 Å². The second kappa shape index (κ2) is 5.60. The molecule has 0 unspecified atom stereocenters. The minimum absolute atomic E-state index is 0.0278. The first-order valence-electron chi connectivity index (χ1n) is 6.01. The third-order valence-corrected chi connectivity index (χ3v) is 2.93. The molecular formula is C14H17N3O. The molecule has 2 rings (SSSR count). The van der Waals surface area contributed by atoms with Crippen LogP contribution in [0.5, 0.6) is 0 Å². The van der Waals surface area contributed by atoms with Crippen LogP contribution in [0.4, 0.5) is 0 Å². The van der Waals surface area contributed by atoms with Gasteiger partial charge in [0.1, 0.15) is 6.33 Å². The van der Waals surface area contributed by atoms with Gasteiger partial charge in [0.25, 0.3) is 0 Å². The highest BCUT2D eigenvalue weighted by Crippen LogP contribution is 2.09. The van der Waals surface area contributed by atoms with E-state index in [1.54, 1.807) is 12.5 Å². The summed E-state index contributed by atoms with van der Waals surface area (Å²) in [6.45, 7) is 2.55. The maximum absolute atomic E-state index is 12.1. The zero-order valence-corrected chi connectivity index (χ0v) is 10.5. The van der Waals surface area contributed by atoms with Crippen molar-refractivity contribution < 1.29 is 4.79 Å². The van der Waals surface area contributed by atoms with Gasteiger partial charge in [-0.25, -0.2) is 4.98 Å². The normalized spacial score (nSPS) is 10.6. The van der Waals surface area contributed by atoms with Crippen LogP contribution in [0, 0.1) is 6.92 Å². The lowest BCUT2D eigenvalue weighted by Crippen LogP contribution is -2.12. The van der Waals surface area contributed by atoms with Crippen molar-refractivity contribution >= 4 is 5.91 Å². The Morgan fingerprint density at radius 1 is 1.39 bits per heavy atom. The highest BCUT2D eigenvalue weighted by molar-refractivity contribution is 5.81. The van der Waals surface area contributed by atoms with Crippen molar-refractivity contribution in [3.05, 3.63) is 53.6 Å². The lowest BCUT2D eigenvalue weighted by molar-refractivity contribution is 0.0913. The first kappa shape index (κ1) is 12.5. The predicted octanol–water partition coefficient (Wildman–Crippen LogP) is 1.58. The summed E-state index contributed by atoms with van der Waals surface area (Å²) in [6, 6.07) is 7.91. The molecule has 4 nitrogen and oxygen atoms in total. The van der Waals surface area contributed by atoms with Crippen molar-refractivity contribution in [2.75, 3.05) is 6.54 Å². The molecule has 18 heavy (non-hydrogen) atoms. The number of rotatable bonds is 4. The van der Waals surface area contributed by atoms with Gasteiger partial charge < -0.3 is 5.73 Å². The lowest BCUT2D eigenvalue weighted by Gasteiger charge is -2.04. The number of imidazole rings is 1. The van der Waals surface area contributed by atoms with Gasteiger partial charge in [0.15, 0.2) is 0 Å². The van der Waals surface area contributed by atoms with Gasteiger partial charge in [-0.1, -0.05) is 24.3 Å². The highest BCUT2D eigenvalue weighted by Gasteiger charge is 2.09. The van der Waals surface area contributed by atoms with Crippen LogP contribution >= 0.6 is 0 Å². The fourth-order valence-electron chi connectivity index (χ4n) is 1.84. The van der Waals surface area contributed by atoms with Gasteiger partial charge in [0.05, 0.1) is 12.1 Å². The number of benzene rings is 1. The molecule has 2 aromatic rings. The third-order valence-electron chi connectivity index (χ3n) is 2.93. The first-order valence-corrected chi connectivity index (χ1v) is 6.01. The van der Waals surface area contributed by atoms with E-state index in [-0.39, 0.29) is 5.91 Å². The Kier molecular flexibility index (Phi) is 3.89. The topological polar surface area (TPSA) is 60.9 Å². The fourth-order valence-corrected chi connectivity index (χ4v) is 1.84. The van der Waals surface area contributed by atoms with E-state index in [1.165, 1.54) is 4.57 Å². The number of nitrogens with two attached hydrogens (primary N) is 1. The summed E-state index contributed by atoms with van der Waals surface area (Å²) in [7, 11) is 0. The average Bonchev–Trinajstić information content (AvgIpc) is 2.81. The van der Waals surface area contributed by atoms with Crippen LogP contribution in [-0.4, -0.2) is 22.0 Å². The molecule has 0 spiro atoms. The number of nitrogens with zero attached hydrogens (tertiary/aromatic N) is 2. The molecule has 1 aromatic heterocycles. The summed E-state index contributed by atoms with van der Waals surface area (Å²) in [5.74, 6) is 0.0278. The average molecular weight is 243 g/mol. The Balaban J connectivity index is 2.10. The molecule has 0 atom stereocenters. The van der Waals surface area contributed by atoms with Crippen LogP contribution in [0.2, 0.25) is 0 Å². The van der Waals surface area contributed by atoms with Crippen LogP contribution < -0.4 is 5.73 Å². The molecule has 4 heteroatoms. The summed E-state index contributed by atoms with van der Waals surface area (Å²) in [4.78, 5) is 16.2. The fraction of sp³-hybridized carbons (Fsp3) is 0.286. The number of carbonyl (C=O) groups excluding carboxylic acids is 1. The van der Waals surface area contributed by atoms with Crippen molar-refractivity contribution in [3.63, 3.8) is 0 Å². The lowest BCUT2D eigenvalue weighted by atomic mass is 10.1. The smallest absolute Gasteiger partial charge is 0.236 e. The SMILES string of the molecule is Cc1ccccc1CC(=O)n1cnc(CCN)c1. The first-order chi connectivity index (χ1) is 8.70. The van der Waals surface area contributed by atoms with Gasteiger partial charge in [-0.2, -0.15) is 0 Å². The van der Waals surface area contributed by atoms with Gasteiger partial charge in [-0.05, 0) is 24.6 Å². The largest absolute Gasteiger partial charge is 0.330 e. The van der Waals surface area contributed by atoms with Crippen LogP contribution in [-0.2, 0) is 12.8 Å². The molecule has 0 saturated carbocycles. The Hall–Kier alpha value is -1.94. The minimum Gasteiger partial charge on any atom is -0.330 e. The van der Waals surface area contributed by atoms with E-state index in [1.807, 2.05) is 31.2 Å². The van der Waals surface area contributed by atoms with Crippen LogP contribution in [0.25, 0.3) is 0 Å². The van der Waals surface area contributed by atoms with Crippen molar-refractivity contribution in [2.24, 2.45) is 5.73 Å². The Labute approximate surface area is 106 Å². The van der Waals surface area contributed by atoms with Crippen molar-refractivity contribution in [1.29, 1.82) is 0 Å². The number of hydrogen-bond acceptors (Lipinski definition) is 3. The quantitative estimate of drug-likeness (QED) is 0.886. The summed E-state index contributed by atoms with van der Waals surface area (Å²) in [5.41, 5.74) is 8.50. The maximum Gasteiger partial charge on any atom is 0.236 e. The van der Waals surface area contributed by atoms with Crippen LogP contribution in [0.3, 0.4) is 0 Å². The van der Waals surface area contributed by atoms with E-state index in [9.17, 15) is 4.79 Å².